The zero-order chi connectivity index (χ0) is 13.1. The van der Waals surface area contributed by atoms with Crippen LogP contribution in [0.4, 0.5) is 0 Å². The molecule has 0 aromatic carbocycles. The Morgan fingerprint density at radius 3 is 2.65 bits per heavy atom. The summed E-state index contributed by atoms with van der Waals surface area (Å²) in [5.41, 5.74) is 0. The molecule has 0 bridgehead atoms. The van der Waals surface area contributed by atoms with Gasteiger partial charge in [0.1, 0.15) is 9.23 Å². The number of thiophene rings is 1. The van der Waals surface area contributed by atoms with Crippen LogP contribution in [0.2, 0.25) is 8.67 Å². The maximum Gasteiger partial charge on any atom is 0.243 e. The average molecular weight is 313 g/mol. The molecule has 94 valence electrons. The van der Waals surface area contributed by atoms with Crippen molar-refractivity contribution in [3.05, 3.63) is 14.7 Å². The standard InChI is InChI=1S/C9H10Cl2N2O2S2/c1-2-6(3-4-12)13-17(14,15)7-5-8(10)16-9(7)11/h5-6,13H,2-3H2,1H3. The first-order valence-electron chi connectivity index (χ1n) is 4.74. The third-order valence-corrected chi connectivity index (χ3v) is 5.34. The molecule has 0 aliphatic heterocycles. The van der Waals surface area contributed by atoms with Crippen LogP contribution in [0.1, 0.15) is 19.8 Å². The van der Waals surface area contributed by atoms with Gasteiger partial charge in [-0.15, -0.1) is 11.3 Å². The summed E-state index contributed by atoms with van der Waals surface area (Å²) in [5, 5.41) is 8.56. The summed E-state index contributed by atoms with van der Waals surface area (Å²) in [6.07, 6.45) is 0.646. The number of hydrogen-bond donors (Lipinski definition) is 1. The van der Waals surface area contributed by atoms with Crippen LogP contribution >= 0.6 is 34.5 Å². The summed E-state index contributed by atoms with van der Waals surface area (Å²) in [7, 11) is -3.71. The van der Waals surface area contributed by atoms with Gasteiger partial charge in [0.25, 0.3) is 0 Å². The van der Waals surface area contributed by atoms with Gasteiger partial charge < -0.3 is 0 Å². The predicted octanol–water partition coefficient (Wildman–Crippen LogP) is 3.03. The monoisotopic (exact) mass is 312 g/mol. The molecule has 8 heteroatoms. The van der Waals surface area contributed by atoms with Crippen LogP contribution in [-0.2, 0) is 10.0 Å². The molecule has 1 atom stereocenters. The van der Waals surface area contributed by atoms with Crippen molar-refractivity contribution in [1.82, 2.24) is 4.72 Å². The van der Waals surface area contributed by atoms with E-state index in [1.165, 1.54) is 6.07 Å². The maximum absolute atomic E-state index is 12.0. The molecule has 0 saturated heterocycles. The third-order valence-electron chi connectivity index (χ3n) is 2.07. The summed E-state index contributed by atoms with van der Waals surface area (Å²) in [5.74, 6) is 0. The number of nitrogens with zero attached hydrogens (tertiary/aromatic N) is 1. The summed E-state index contributed by atoms with van der Waals surface area (Å²) in [6.45, 7) is 1.80. The first kappa shape index (κ1) is 14.7. The van der Waals surface area contributed by atoms with Crippen LogP contribution in [0.25, 0.3) is 0 Å². The lowest BCUT2D eigenvalue weighted by Crippen LogP contribution is -2.34. The van der Waals surface area contributed by atoms with Crippen LogP contribution in [0.5, 0.6) is 0 Å². The second-order valence-corrected chi connectivity index (χ2v) is 7.25. The predicted molar refractivity (Wildman–Crippen MR) is 69.0 cm³/mol. The number of hydrogen-bond acceptors (Lipinski definition) is 4. The molecular weight excluding hydrogens is 303 g/mol. The fourth-order valence-electron chi connectivity index (χ4n) is 1.17. The van der Waals surface area contributed by atoms with E-state index in [-0.39, 0.29) is 15.7 Å². The highest BCUT2D eigenvalue weighted by molar-refractivity contribution is 7.89. The third kappa shape index (κ3) is 3.83. The number of halogens is 2. The highest BCUT2D eigenvalue weighted by Crippen LogP contribution is 2.34. The molecule has 0 fully saturated rings. The number of nitrogens with one attached hydrogen (secondary N) is 1. The highest BCUT2D eigenvalue weighted by atomic mass is 35.5. The Hall–Kier alpha value is -0.320. The second kappa shape index (κ2) is 6.03. The fraction of sp³-hybridized carbons (Fsp3) is 0.444. The molecular formula is C9H10Cl2N2O2S2. The molecule has 1 rings (SSSR count). The van der Waals surface area contributed by atoms with Gasteiger partial charge in [0, 0.05) is 6.04 Å². The van der Waals surface area contributed by atoms with Crippen molar-refractivity contribution in [2.75, 3.05) is 0 Å². The minimum atomic E-state index is -3.71. The minimum absolute atomic E-state index is 0.0365. The van der Waals surface area contributed by atoms with Crippen LogP contribution in [0.15, 0.2) is 11.0 Å². The van der Waals surface area contributed by atoms with Crippen molar-refractivity contribution in [3.8, 4) is 6.07 Å². The Labute approximate surface area is 114 Å². The molecule has 0 saturated carbocycles. The SMILES string of the molecule is CCC(CC#N)NS(=O)(=O)c1cc(Cl)sc1Cl. The van der Waals surface area contributed by atoms with Crippen molar-refractivity contribution in [2.24, 2.45) is 0 Å². The van der Waals surface area contributed by atoms with Gasteiger partial charge in [0.15, 0.2) is 0 Å². The van der Waals surface area contributed by atoms with Gasteiger partial charge in [-0.25, -0.2) is 13.1 Å². The van der Waals surface area contributed by atoms with Crippen molar-refractivity contribution >= 4 is 44.6 Å². The lowest BCUT2D eigenvalue weighted by atomic mass is 10.2. The first-order valence-corrected chi connectivity index (χ1v) is 7.80. The van der Waals surface area contributed by atoms with Crippen molar-refractivity contribution in [2.45, 2.75) is 30.7 Å². The Morgan fingerprint density at radius 1 is 1.59 bits per heavy atom. The quantitative estimate of drug-likeness (QED) is 0.908. The zero-order valence-corrected chi connectivity index (χ0v) is 12.0. The molecule has 4 nitrogen and oxygen atoms in total. The highest BCUT2D eigenvalue weighted by Gasteiger charge is 2.23. The molecule has 0 aliphatic rings. The average Bonchev–Trinajstić information content (AvgIpc) is 2.57. The van der Waals surface area contributed by atoms with Crippen LogP contribution in [0.3, 0.4) is 0 Å². The summed E-state index contributed by atoms with van der Waals surface area (Å²) in [4.78, 5) is -0.0365. The molecule has 0 radical (unpaired) electrons. The van der Waals surface area contributed by atoms with E-state index in [0.717, 1.165) is 11.3 Å². The van der Waals surface area contributed by atoms with E-state index >= 15 is 0 Å². The topological polar surface area (TPSA) is 70.0 Å². The molecule has 1 unspecified atom stereocenters. The molecule has 1 aromatic heterocycles. The van der Waals surface area contributed by atoms with Crippen molar-refractivity contribution < 1.29 is 8.42 Å². The minimum Gasteiger partial charge on any atom is -0.207 e. The van der Waals surface area contributed by atoms with E-state index in [4.69, 9.17) is 28.5 Å². The molecule has 0 aliphatic carbocycles. The van der Waals surface area contributed by atoms with Crippen LogP contribution < -0.4 is 4.72 Å². The first-order chi connectivity index (χ1) is 7.90. The van der Waals surface area contributed by atoms with Gasteiger partial charge in [-0.1, -0.05) is 30.1 Å². The normalized spacial score (nSPS) is 13.3. The number of nitriles is 1. The Morgan fingerprint density at radius 2 is 2.24 bits per heavy atom. The molecule has 1 aromatic rings. The Kier molecular flexibility index (Phi) is 5.22. The number of rotatable bonds is 5. The van der Waals surface area contributed by atoms with Gasteiger partial charge in [-0.2, -0.15) is 5.26 Å². The lowest BCUT2D eigenvalue weighted by Gasteiger charge is -2.13. The van der Waals surface area contributed by atoms with E-state index in [2.05, 4.69) is 4.72 Å². The van der Waals surface area contributed by atoms with Crippen LogP contribution in [0, 0.1) is 11.3 Å². The Bertz CT molecular complexity index is 534. The van der Waals surface area contributed by atoms with E-state index in [1.54, 1.807) is 6.92 Å². The zero-order valence-electron chi connectivity index (χ0n) is 8.91. The van der Waals surface area contributed by atoms with Gasteiger partial charge in [-0.05, 0) is 12.5 Å². The molecule has 0 amide bonds. The number of sulfonamides is 1. The lowest BCUT2D eigenvalue weighted by molar-refractivity contribution is 0.543. The van der Waals surface area contributed by atoms with Gasteiger partial charge in [0.2, 0.25) is 10.0 Å². The summed E-state index contributed by atoms with van der Waals surface area (Å²) < 4.78 is 26.8. The van der Waals surface area contributed by atoms with Crippen molar-refractivity contribution in [3.63, 3.8) is 0 Å². The van der Waals surface area contributed by atoms with E-state index in [0.29, 0.717) is 10.8 Å². The molecule has 1 heterocycles. The Balaban J connectivity index is 2.97. The summed E-state index contributed by atoms with van der Waals surface area (Å²) >= 11 is 12.5. The molecule has 1 N–H and O–H groups in total. The van der Waals surface area contributed by atoms with Gasteiger partial charge >= 0.3 is 0 Å². The van der Waals surface area contributed by atoms with Gasteiger partial charge in [-0.3, -0.25) is 0 Å². The fourth-order valence-corrected chi connectivity index (χ4v) is 4.64. The second-order valence-electron chi connectivity index (χ2n) is 3.28. The smallest absolute Gasteiger partial charge is 0.207 e. The van der Waals surface area contributed by atoms with Crippen molar-refractivity contribution in [1.29, 1.82) is 5.26 Å². The summed E-state index contributed by atoms with van der Waals surface area (Å²) in [6, 6.07) is 2.81. The van der Waals surface area contributed by atoms with E-state index < -0.39 is 16.1 Å². The van der Waals surface area contributed by atoms with E-state index in [9.17, 15) is 8.42 Å². The largest absolute Gasteiger partial charge is 0.243 e. The molecule has 0 spiro atoms. The maximum atomic E-state index is 12.0. The van der Waals surface area contributed by atoms with E-state index in [1.807, 2.05) is 6.07 Å². The van der Waals surface area contributed by atoms with Gasteiger partial charge in [0.05, 0.1) is 16.8 Å². The molecule has 17 heavy (non-hydrogen) atoms. The van der Waals surface area contributed by atoms with Crippen LogP contribution in [-0.4, -0.2) is 14.5 Å².